The maximum atomic E-state index is 13.5. The first-order chi connectivity index (χ1) is 8.78. The molecular formula is C11H16FN3O3S. The summed E-state index contributed by atoms with van der Waals surface area (Å²) in [4.78, 5) is 10.6. The lowest BCUT2D eigenvalue weighted by molar-refractivity contribution is -0.120. The number of nitrogens with one attached hydrogen (secondary N) is 1. The predicted molar refractivity (Wildman–Crippen MR) is 69.3 cm³/mol. The van der Waals surface area contributed by atoms with Gasteiger partial charge >= 0.3 is 0 Å². The fourth-order valence-electron chi connectivity index (χ4n) is 1.39. The van der Waals surface area contributed by atoms with Crippen LogP contribution in [0.25, 0.3) is 0 Å². The van der Waals surface area contributed by atoms with Crippen molar-refractivity contribution in [3.8, 4) is 0 Å². The fourth-order valence-corrected chi connectivity index (χ4v) is 2.66. The number of benzene rings is 1. The topological polar surface area (TPSA) is 92.5 Å². The van der Waals surface area contributed by atoms with Crippen molar-refractivity contribution in [3.05, 3.63) is 24.0 Å². The first-order valence-electron chi connectivity index (χ1n) is 5.51. The molecule has 1 amide bonds. The number of carbonyl (C=O) groups is 1. The third-order valence-corrected chi connectivity index (χ3v) is 4.45. The van der Waals surface area contributed by atoms with E-state index < -0.39 is 20.7 Å². The van der Waals surface area contributed by atoms with E-state index in [4.69, 9.17) is 5.73 Å². The third kappa shape index (κ3) is 3.65. The number of amides is 1. The van der Waals surface area contributed by atoms with Gasteiger partial charge in [-0.05, 0) is 18.2 Å². The van der Waals surface area contributed by atoms with Gasteiger partial charge in [-0.25, -0.2) is 17.1 Å². The molecule has 0 aromatic heterocycles. The SMILES string of the molecule is CNC(=O)CCN(C)S(=O)(=O)c1cc(N)ccc1F. The number of halogens is 1. The molecule has 0 spiro atoms. The van der Waals surface area contributed by atoms with Gasteiger partial charge in [-0.1, -0.05) is 0 Å². The second-order valence-corrected chi connectivity index (χ2v) is 5.95. The van der Waals surface area contributed by atoms with E-state index in [1.807, 2.05) is 0 Å². The van der Waals surface area contributed by atoms with Crippen molar-refractivity contribution >= 4 is 21.6 Å². The molecule has 1 rings (SSSR count). The van der Waals surface area contributed by atoms with Crippen molar-refractivity contribution in [2.24, 2.45) is 0 Å². The van der Waals surface area contributed by atoms with Crippen molar-refractivity contribution < 1.29 is 17.6 Å². The van der Waals surface area contributed by atoms with Crippen LogP contribution in [0.2, 0.25) is 0 Å². The lowest BCUT2D eigenvalue weighted by atomic mass is 10.3. The number of hydrogen-bond acceptors (Lipinski definition) is 4. The largest absolute Gasteiger partial charge is 0.399 e. The number of anilines is 1. The monoisotopic (exact) mass is 289 g/mol. The van der Waals surface area contributed by atoms with Gasteiger partial charge in [-0.3, -0.25) is 4.79 Å². The summed E-state index contributed by atoms with van der Waals surface area (Å²) in [5.74, 6) is -1.17. The Morgan fingerprint density at radius 1 is 1.47 bits per heavy atom. The summed E-state index contributed by atoms with van der Waals surface area (Å²) >= 11 is 0. The first kappa shape index (κ1) is 15.4. The summed E-state index contributed by atoms with van der Waals surface area (Å²) in [5, 5.41) is 2.38. The van der Waals surface area contributed by atoms with Crippen molar-refractivity contribution in [1.29, 1.82) is 0 Å². The Bertz CT molecular complexity index is 575. The van der Waals surface area contributed by atoms with E-state index in [0.717, 1.165) is 16.4 Å². The summed E-state index contributed by atoms with van der Waals surface area (Å²) in [6, 6.07) is 3.33. The predicted octanol–water partition coefficient (Wildman–Crippen LogP) is 0.165. The van der Waals surface area contributed by atoms with E-state index in [1.165, 1.54) is 20.2 Å². The van der Waals surface area contributed by atoms with Crippen molar-refractivity contribution in [2.75, 3.05) is 26.4 Å². The summed E-state index contributed by atoms with van der Waals surface area (Å²) < 4.78 is 38.7. The second-order valence-electron chi connectivity index (χ2n) is 3.94. The van der Waals surface area contributed by atoms with Gasteiger partial charge < -0.3 is 11.1 Å². The van der Waals surface area contributed by atoms with Crippen LogP contribution in [-0.4, -0.2) is 39.3 Å². The van der Waals surface area contributed by atoms with Gasteiger partial charge in [0.15, 0.2) is 0 Å². The normalized spacial score (nSPS) is 11.6. The Morgan fingerprint density at radius 3 is 2.68 bits per heavy atom. The van der Waals surface area contributed by atoms with E-state index >= 15 is 0 Å². The van der Waals surface area contributed by atoms with Crippen LogP contribution in [0.15, 0.2) is 23.1 Å². The number of sulfonamides is 1. The third-order valence-electron chi connectivity index (χ3n) is 2.58. The van der Waals surface area contributed by atoms with Crippen molar-refractivity contribution in [3.63, 3.8) is 0 Å². The molecule has 3 N–H and O–H groups in total. The highest BCUT2D eigenvalue weighted by molar-refractivity contribution is 7.89. The van der Waals surface area contributed by atoms with Crippen LogP contribution in [0.4, 0.5) is 10.1 Å². The molecule has 106 valence electrons. The minimum absolute atomic E-state index is 0.00380. The van der Waals surface area contributed by atoms with Gasteiger partial charge in [0.05, 0.1) is 0 Å². The molecule has 0 saturated carbocycles. The lowest BCUT2D eigenvalue weighted by Crippen LogP contribution is -2.32. The molecule has 1 aromatic rings. The lowest BCUT2D eigenvalue weighted by Gasteiger charge is -2.17. The van der Waals surface area contributed by atoms with Crippen LogP contribution in [-0.2, 0) is 14.8 Å². The van der Waals surface area contributed by atoms with Crippen LogP contribution in [0.5, 0.6) is 0 Å². The van der Waals surface area contributed by atoms with E-state index in [9.17, 15) is 17.6 Å². The second kappa shape index (κ2) is 5.98. The van der Waals surface area contributed by atoms with Gasteiger partial charge in [0.25, 0.3) is 0 Å². The number of carbonyl (C=O) groups excluding carboxylic acids is 1. The van der Waals surface area contributed by atoms with E-state index in [-0.39, 0.29) is 24.6 Å². The average Bonchev–Trinajstić information content (AvgIpc) is 2.37. The molecule has 0 aliphatic heterocycles. The molecule has 0 aliphatic carbocycles. The van der Waals surface area contributed by atoms with Gasteiger partial charge in [-0.15, -0.1) is 0 Å². The Labute approximate surface area is 111 Å². The number of rotatable bonds is 5. The Hall–Kier alpha value is -1.67. The molecule has 19 heavy (non-hydrogen) atoms. The maximum Gasteiger partial charge on any atom is 0.245 e. The Kier molecular flexibility index (Phi) is 4.84. The van der Waals surface area contributed by atoms with Gasteiger partial charge in [0, 0.05) is 32.7 Å². The minimum Gasteiger partial charge on any atom is -0.399 e. The van der Waals surface area contributed by atoms with Gasteiger partial charge in [0.2, 0.25) is 15.9 Å². The van der Waals surface area contributed by atoms with Crippen LogP contribution < -0.4 is 11.1 Å². The molecule has 0 fully saturated rings. The summed E-state index contributed by atoms with van der Waals surface area (Å²) in [5.41, 5.74) is 5.61. The first-order valence-corrected chi connectivity index (χ1v) is 6.95. The Morgan fingerprint density at radius 2 is 2.11 bits per heavy atom. The zero-order valence-electron chi connectivity index (χ0n) is 10.7. The van der Waals surface area contributed by atoms with E-state index in [1.54, 1.807) is 0 Å². The number of nitrogens with two attached hydrogens (primary N) is 1. The molecule has 0 bridgehead atoms. The molecule has 0 saturated heterocycles. The molecule has 0 aliphatic rings. The number of nitrogen functional groups attached to an aromatic ring is 1. The molecule has 6 nitrogen and oxygen atoms in total. The van der Waals surface area contributed by atoms with Crippen LogP contribution in [0.1, 0.15) is 6.42 Å². The molecule has 0 unspecified atom stereocenters. The van der Waals surface area contributed by atoms with E-state index in [2.05, 4.69) is 5.32 Å². The standard InChI is InChI=1S/C11H16FN3O3S/c1-14-11(16)5-6-15(2)19(17,18)10-7-8(13)3-4-9(10)12/h3-4,7H,5-6,13H2,1-2H3,(H,14,16). The molecule has 8 heteroatoms. The maximum absolute atomic E-state index is 13.5. The smallest absolute Gasteiger partial charge is 0.245 e. The summed E-state index contributed by atoms with van der Waals surface area (Å²) in [7, 11) is -1.27. The average molecular weight is 289 g/mol. The molecule has 0 radical (unpaired) electrons. The van der Waals surface area contributed by atoms with Crippen molar-refractivity contribution in [1.82, 2.24) is 9.62 Å². The molecule has 0 atom stereocenters. The highest BCUT2D eigenvalue weighted by Crippen LogP contribution is 2.20. The molecule has 0 heterocycles. The Balaban J connectivity index is 2.97. The number of nitrogens with zero attached hydrogens (tertiary/aromatic N) is 1. The van der Waals surface area contributed by atoms with Gasteiger partial charge in [0.1, 0.15) is 10.7 Å². The number of hydrogen-bond donors (Lipinski definition) is 2. The van der Waals surface area contributed by atoms with E-state index in [0.29, 0.717) is 0 Å². The highest BCUT2D eigenvalue weighted by atomic mass is 32.2. The summed E-state index contributed by atoms with van der Waals surface area (Å²) in [6.45, 7) is -0.0454. The zero-order valence-corrected chi connectivity index (χ0v) is 11.5. The molecule has 1 aromatic carbocycles. The van der Waals surface area contributed by atoms with Crippen LogP contribution in [0.3, 0.4) is 0 Å². The summed E-state index contributed by atoms with van der Waals surface area (Å²) in [6.07, 6.45) is -0.00380. The zero-order chi connectivity index (χ0) is 14.6. The van der Waals surface area contributed by atoms with Crippen LogP contribution in [0, 0.1) is 5.82 Å². The quantitative estimate of drug-likeness (QED) is 0.755. The minimum atomic E-state index is -4.00. The fraction of sp³-hybridized carbons (Fsp3) is 0.364. The molecular weight excluding hydrogens is 273 g/mol. The van der Waals surface area contributed by atoms with Crippen LogP contribution >= 0.6 is 0 Å². The van der Waals surface area contributed by atoms with Gasteiger partial charge in [-0.2, -0.15) is 0 Å². The highest BCUT2D eigenvalue weighted by Gasteiger charge is 2.24. The van der Waals surface area contributed by atoms with Crippen molar-refractivity contribution in [2.45, 2.75) is 11.3 Å².